The summed E-state index contributed by atoms with van der Waals surface area (Å²) < 4.78 is 10.7. The van der Waals surface area contributed by atoms with Gasteiger partial charge in [-0.15, -0.1) is 0 Å². The minimum Gasteiger partial charge on any atom is -0.454 e. The monoisotopic (exact) mass is 340 g/mol. The normalized spacial score (nSPS) is 18.9. The molecule has 2 aliphatic rings. The van der Waals surface area contributed by atoms with E-state index in [1.807, 2.05) is 18.2 Å². The van der Waals surface area contributed by atoms with E-state index in [9.17, 15) is 4.79 Å². The molecule has 2 aliphatic heterocycles. The van der Waals surface area contributed by atoms with Gasteiger partial charge in [0.15, 0.2) is 11.5 Å². The molecule has 1 amide bonds. The highest BCUT2D eigenvalue weighted by atomic mass is 16.7. The number of benzene rings is 1. The van der Waals surface area contributed by atoms with Gasteiger partial charge in [0.2, 0.25) is 12.7 Å². The quantitative estimate of drug-likeness (QED) is 0.914. The zero-order valence-electron chi connectivity index (χ0n) is 13.9. The Kier molecular flexibility index (Phi) is 4.37. The lowest BCUT2D eigenvalue weighted by Crippen LogP contribution is -2.43. The number of hydrogen-bond donors (Lipinski definition) is 1. The molecule has 25 heavy (non-hydrogen) atoms. The predicted molar refractivity (Wildman–Crippen MR) is 91.4 cm³/mol. The van der Waals surface area contributed by atoms with E-state index in [1.54, 1.807) is 18.6 Å². The first kappa shape index (κ1) is 15.7. The summed E-state index contributed by atoms with van der Waals surface area (Å²) in [5, 5.41) is 3.03. The number of piperidine rings is 1. The van der Waals surface area contributed by atoms with Gasteiger partial charge in [0, 0.05) is 32.0 Å². The number of aromatic nitrogens is 2. The average molecular weight is 340 g/mol. The van der Waals surface area contributed by atoms with E-state index < -0.39 is 0 Å². The molecule has 0 radical (unpaired) electrons. The third kappa shape index (κ3) is 3.50. The number of amides is 1. The van der Waals surface area contributed by atoms with Crippen LogP contribution in [-0.2, 0) is 11.3 Å². The van der Waals surface area contributed by atoms with E-state index >= 15 is 0 Å². The summed E-state index contributed by atoms with van der Waals surface area (Å²) in [7, 11) is 0. The maximum Gasteiger partial charge on any atom is 0.231 e. The molecule has 0 aliphatic carbocycles. The maximum absolute atomic E-state index is 12.6. The number of anilines is 1. The highest BCUT2D eigenvalue weighted by Gasteiger charge is 2.26. The van der Waals surface area contributed by atoms with Crippen molar-refractivity contribution in [2.24, 2.45) is 5.92 Å². The molecule has 4 rings (SSSR count). The molecule has 1 saturated heterocycles. The maximum atomic E-state index is 12.6. The molecular formula is C18H20N4O3. The predicted octanol–water partition coefficient (Wildman–Crippen LogP) is 1.74. The van der Waals surface area contributed by atoms with Gasteiger partial charge in [-0.1, -0.05) is 6.07 Å². The molecule has 1 N–H and O–H groups in total. The van der Waals surface area contributed by atoms with Crippen molar-refractivity contribution >= 4 is 11.7 Å². The average Bonchev–Trinajstić information content (AvgIpc) is 3.15. The van der Waals surface area contributed by atoms with Crippen molar-refractivity contribution in [2.75, 3.05) is 24.8 Å². The number of carbonyl (C=O) groups is 1. The van der Waals surface area contributed by atoms with Gasteiger partial charge in [-0.2, -0.15) is 0 Å². The van der Waals surface area contributed by atoms with Crippen LogP contribution in [0.25, 0.3) is 0 Å². The van der Waals surface area contributed by atoms with Crippen molar-refractivity contribution in [2.45, 2.75) is 19.4 Å². The van der Waals surface area contributed by atoms with Crippen LogP contribution in [0.4, 0.5) is 5.82 Å². The minimum atomic E-state index is -0.0373. The van der Waals surface area contributed by atoms with E-state index in [0.29, 0.717) is 13.1 Å². The van der Waals surface area contributed by atoms with Crippen molar-refractivity contribution in [3.05, 3.63) is 42.4 Å². The van der Waals surface area contributed by atoms with Gasteiger partial charge in [0.1, 0.15) is 5.82 Å². The molecule has 0 saturated carbocycles. The SMILES string of the molecule is O=C(NCc1ccc2c(c1)OCO2)C1CCCN(c2cnccn2)C1. The van der Waals surface area contributed by atoms with E-state index in [0.717, 1.165) is 42.3 Å². The van der Waals surface area contributed by atoms with Crippen molar-refractivity contribution in [3.63, 3.8) is 0 Å². The fourth-order valence-electron chi connectivity index (χ4n) is 3.24. The second-order valence-corrected chi connectivity index (χ2v) is 6.25. The molecule has 1 aromatic carbocycles. The lowest BCUT2D eigenvalue weighted by Gasteiger charge is -2.32. The van der Waals surface area contributed by atoms with Crippen LogP contribution in [-0.4, -0.2) is 35.8 Å². The number of carbonyl (C=O) groups excluding carboxylic acids is 1. The van der Waals surface area contributed by atoms with Crippen LogP contribution in [0, 0.1) is 5.92 Å². The van der Waals surface area contributed by atoms with Crippen molar-refractivity contribution in [1.29, 1.82) is 0 Å². The third-order valence-corrected chi connectivity index (χ3v) is 4.57. The standard InChI is InChI=1S/C18H20N4O3/c23-18(21-9-13-3-4-15-16(8-13)25-12-24-15)14-2-1-7-22(11-14)17-10-19-5-6-20-17/h3-6,8,10,14H,1-2,7,9,11-12H2,(H,21,23). The van der Waals surface area contributed by atoms with Gasteiger partial charge in [-0.3, -0.25) is 9.78 Å². The van der Waals surface area contributed by atoms with E-state index in [-0.39, 0.29) is 18.6 Å². The van der Waals surface area contributed by atoms with E-state index in [4.69, 9.17) is 9.47 Å². The van der Waals surface area contributed by atoms with Gasteiger partial charge < -0.3 is 19.7 Å². The smallest absolute Gasteiger partial charge is 0.231 e. The third-order valence-electron chi connectivity index (χ3n) is 4.57. The van der Waals surface area contributed by atoms with Crippen LogP contribution < -0.4 is 19.7 Å². The first-order chi connectivity index (χ1) is 12.3. The first-order valence-electron chi connectivity index (χ1n) is 8.47. The molecule has 3 heterocycles. The fraction of sp³-hybridized carbons (Fsp3) is 0.389. The molecule has 1 atom stereocenters. The molecule has 0 spiro atoms. The number of nitrogens with zero attached hydrogens (tertiary/aromatic N) is 3. The molecule has 1 fully saturated rings. The molecule has 1 unspecified atom stereocenters. The summed E-state index contributed by atoms with van der Waals surface area (Å²) in [5.41, 5.74) is 0.999. The van der Waals surface area contributed by atoms with Crippen molar-refractivity contribution < 1.29 is 14.3 Å². The van der Waals surface area contributed by atoms with E-state index in [2.05, 4.69) is 20.2 Å². The molecule has 7 nitrogen and oxygen atoms in total. The molecule has 7 heteroatoms. The first-order valence-corrected chi connectivity index (χ1v) is 8.47. The highest BCUT2D eigenvalue weighted by molar-refractivity contribution is 5.79. The Labute approximate surface area is 146 Å². The second-order valence-electron chi connectivity index (χ2n) is 6.25. The summed E-state index contributed by atoms with van der Waals surface area (Å²) in [6.45, 7) is 2.32. The Morgan fingerprint density at radius 3 is 3.08 bits per heavy atom. The summed E-state index contributed by atoms with van der Waals surface area (Å²) in [5.74, 6) is 2.35. The Morgan fingerprint density at radius 2 is 2.20 bits per heavy atom. The van der Waals surface area contributed by atoms with Crippen LogP contribution in [0.1, 0.15) is 18.4 Å². The molecule has 0 bridgehead atoms. The van der Waals surface area contributed by atoms with Crippen LogP contribution in [0.5, 0.6) is 11.5 Å². The zero-order valence-corrected chi connectivity index (χ0v) is 13.9. The van der Waals surface area contributed by atoms with Crippen molar-refractivity contribution in [1.82, 2.24) is 15.3 Å². The Hall–Kier alpha value is -2.83. The fourth-order valence-corrected chi connectivity index (χ4v) is 3.24. The lowest BCUT2D eigenvalue weighted by molar-refractivity contribution is -0.125. The summed E-state index contributed by atoms with van der Waals surface area (Å²) >= 11 is 0. The summed E-state index contributed by atoms with van der Waals surface area (Å²) in [6, 6.07) is 5.73. The minimum absolute atomic E-state index is 0.0373. The zero-order chi connectivity index (χ0) is 17.1. The van der Waals surface area contributed by atoms with Gasteiger partial charge >= 0.3 is 0 Å². The Balaban J connectivity index is 1.34. The van der Waals surface area contributed by atoms with Crippen LogP contribution in [0.2, 0.25) is 0 Å². The second kappa shape index (κ2) is 6.96. The van der Waals surface area contributed by atoms with Crippen molar-refractivity contribution in [3.8, 4) is 11.5 Å². The van der Waals surface area contributed by atoms with Crippen LogP contribution in [0.15, 0.2) is 36.8 Å². The van der Waals surface area contributed by atoms with Gasteiger partial charge in [-0.25, -0.2) is 4.98 Å². The summed E-state index contributed by atoms with van der Waals surface area (Å²) in [6.07, 6.45) is 6.94. The van der Waals surface area contributed by atoms with Gasteiger partial charge in [0.25, 0.3) is 0 Å². The number of nitrogens with one attached hydrogen (secondary N) is 1. The number of ether oxygens (including phenoxy) is 2. The Bertz CT molecular complexity index is 753. The Morgan fingerprint density at radius 1 is 1.28 bits per heavy atom. The van der Waals surface area contributed by atoms with Gasteiger partial charge in [0.05, 0.1) is 12.1 Å². The topological polar surface area (TPSA) is 76.6 Å². The summed E-state index contributed by atoms with van der Waals surface area (Å²) in [4.78, 5) is 23.1. The number of fused-ring (bicyclic) bond motifs is 1. The van der Waals surface area contributed by atoms with E-state index in [1.165, 1.54) is 0 Å². The number of rotatable bonds is 4. The molecule has 130 valence electrons. The molecule has 2 aromatic rings. The van der Waals surface area contributed by atoms with Crippen LogP contribution in [0.3, 0.4) is 0 Å². The van der Waals surface area contributed by atoms with Gasteiger partial charge in [-0.05, 0) is 30.5 Å². The largest absolute Gasteiger partial charge is 0.454 e. The van der Waals surface area contributed by atoms with Crippen LogP contribution >= 0.6 is 0 Å². The number of hydrogen-bond acceptors (Lipinski definition) is 6. The molecule has 1 aromatic heterocycles. The lowest BCUT2D eigenvalue weighted by atomic mass is 9.97. The highest BCUT2D eigenvalue weighted by Crippen LogP contribution is 2.32. The molecular weight excluding hydrogens is 320 g/mol.